The standard InChI is InChI=1S/C16H25N3O2/c1-3-21-15-6-4-14(5-7-15)18-16(20)12-19-9-8-13(11-19)10-17-2/h4-7,13,17H,3,8-12H2,1-2H3,(H,18,20). The molecule has 1 atom stereocenters. The van der Waals surface area contributed by atoms with Gasteiger partial charge in [0.15, 0.2) is 0 Å². The zero-order valence-corrected chi connectivity index (χ0v) is 12.9. The van der Waals surface area contributed by atoms with E-state index in [1.54, 1.807) is 0 Å². The minimum absolute atomic E-state index is 0.0456. The summed E-state index contributed by atoms with van der Waals surface area (Å²) in [4.78, 5) is 14.3. The third-order valence-electron chi connectivity index (χ3n) is 3.68. The Morgan fingerprint density at radius 2 is 2.14 bits per heavy atom. The van der Waals surface area contributed by atoms with E-state index in [1.807, 2.05) is 38.2 Å². The topological polar surface area (TPSA) is 53.6 Å². The molecular weight excluding hydrogens is 266 g/mol. The monoisotopic (exact) mass is 291 g/mol. The van der Waals surface area contributed by atoms with Gasteiger partial charge in [-0.25, -0.2) is 0 Å². The molecule has 1 aromatic rings. The van der Waals surface area contributed by atoms with Crippen molar-refractivity contribution in [3.8, 4) is 5.75 Å². The minimum atomic E-state index is 0.0456. The van der Waals surface area contributed by atoms with Crippen LogP contribution in [0.1, 0.15) is 13.3 Å². The molecule has 0 aliphatic carbocycles. The van der Waals surface area contributed by atoms with Crippen molar-refractivity contribution in [2.24, 2.45) is 5.92 Å². The lowest BCUT2D eigenvalue weighted by atomic mass is 10.1. The summed E-state index contributed by atoms with van der Waals surface area (Å²) in [6.45, 7) is 6.09. The third kappa shape index (κ3) is 5.02. The summed E-state index contributed by atoms with van der Waals surface area (Å²) in [5.74, 6) is 1.53. The van der Waals surface area contributed by atoms with Crippen LogP contribution in [0.15, 0.2) is 24.3 Å². The lowest BCUT2D eigenvalue weighted by Crippen LogP contribution is -2.32. The number of hydrogen-bond donors (Lipinski definition) is 2. The highest BCUT2D eigenvalue weighted by molar-refractivity contribution is 5.92. The van der Waals surface area contributed by atoms with Crippen LogP contribution in [0.4, 0.5) is 5.69 Å². The summed E-state index contributed by atoms with van der Waals surface area (Å²) in [6.07, 6.45) is 1.16. The van der Waals surface area contributed by atoms with Crippen LogP contribution < -0.4 is 15.4 Å². The van der Waals surface area contributed by atoms with E-state index in [9.17, 15) is 4.79 Å². The lowest BCUT2D eigenvalue weighted by Gasteiger charge is -2.15. The van der Waals surface area contributed by atoms with Crippen molar-refractivity contribution in [1.29, 1.82) is 0 Å². The molecule has 0 radical (unpaired) electrons. The Balaban J connectivity index is 1.76. The van der Waals surface area contributed by atoms with E-state index in [2.05, 4.69) is 15.5 Å². The Morgan fingerprint density at radius 1 is 1.38 bits per heavy atom. The summed E-state index contributed by atoms with van der Waals surface area (Å²) >= 11 is 0. The fraction of sp³-hybridized carbons (Fsp3) is 0.562. The van der Waals surface area contributed by atoms with Gasteiger partial charge < -0.3 is 15.4 Å². The molecule has 116 valence electrons. The van der Waals surface area contributed by atoms with Crippen LogP contribution in [-0.4, -0.2) is 50.6 Å². The maximum absolute atomic E-state index is 12.0. The van der Waals surface area contributed by atoms with Crippen molar-refractivity contribution in [1.82, 2.24) is 10.2 Å². The number of amides is 1. The number of likely N-dealkylation sites (tertiary alicyclic amines) is 1. The van der Waals surface area contributed by atoms with Gasteiger partial charge in [-0.1, -0.05) is 0 Å². The number of rotatable bonds is 7. The van der Waals surface area contributed by atoms with Crippen LogP contribution in [0.5, 0.6) is 5.75 Å². The van der Waals surface area contributed by atoms with E-state index in [0.29, 0.717) is 19.1 Å². The van der Waals surface area contributed by atoms with Gasteiger partial charge in [0.05, 0.1) is 13.2 Å². The van der Waals surface area contributed by atoms with Crippen LogP contribution in [0, 0.1) is 5.92 Å². The van der Waals surface area contributed by atoms with Gasteiger partial charge in [0.2, 0.25) is 5.91 Å². The molecule has 1 saturated heterocycles. The Kier molecular flexibility index (Phi) is 6.02. The Bertz CT molecular complexity index is 447. The molecule has 0 spiro atoms. The van der Waals surface area contributed by atoms with Crippen LogP contribution in [0.3, 0.4) is 0 Å². The zero-order chi connectivity index (χ0) is 15.1. The maximum Gasteiger partial charge on any atom is 0.238 e. The van der Waals surface area contributed by atoms with Gasteiger partial charge >= 0.3 is 0 Å². The van der Waals surface area contributed by atoms with Crippen LogP contribution in [0.25, 0.3) is 0 Å². The Hall–Kier alpha value is -1.59. The molecule has 0 aromatic heterocycles. The lowest BCUT2D eigenvalue weighted by molar-refractivity contribution is -0.117. The molecule has 2 N–H and O–H groups in total. The molecule has 2 rings (SSSR count). The number of anilines is 1. The van der Waals surface area contributed by atoms with E-state index >= 15 is 0 Å². The average Bonchev–Trinajstić information content (AvgIpc) is 2.89. The van der Waals surface area contributed by atoms with Gasteiger partial charge in [0, 0.05) is 12.2 Å². The summed E-state index contributed by atoms with van der Waals surface area (Å²) in [5, 5.41) is 6.13. The minimum Gasteiger partial charge on any atom is -0.494 e. The number of hydrogen-bond acceptors (Lipinski definition) is 4. The molecule has 5 nitrogen and oxygen atoms in total. The first kappa shape index (κ1) is 15.8. The fourth-order valence-corrected chi connectivity index (χ4v) is 2.72. The second-order valence-electron chi connectivity index (χ2n) is 5.45. The molecule has 1 aliphatic heterocycles. The van der Waals surface area contributed by atoms with E-state index in [0.717, 1.165) is 37.5 Å². The smallest absolute Gasteiger partial charge is 0.238 e. The first-order chi connectivity index (χ1) is 10.2. The molecule has 0 bridgehead atoms. The SMILES string of the molecule is CCOc1ccc(NC(=O)CN2CCC(CNC)C2)cc1. The van der Waals surface area contributed by atoms with Crippen molar-refractivity contribution < 1.29 is 9.53 Å². The predicted octanol–water partition coefficient (Wildman–Crippen LogP) is 1.57. The Morgan fingerprint density at radius 3 is 2.81 bits per heavy atom. The highest BCUT2D eigenvalue weighted by Gasteiger charge is 2.23. The fourth-order valence-electron chi connectivity index (χ4n) is 2.72. The summed E-state index contributed by atoms with van der Waals surface area (Å²) in [7, 11) is 1.97. The molecule has 21 heavy (non-hydrogen) atoms. The van der Waals surface area contributed by atoms with Gasteiger partial charge in [-0.3, -0.25) is 9.69 Å². The number of nitrogens with zero attached hydrogens (tertiary/aromatic N) is 1. The van der Waals surface area contributed by atoms with E-state index < -0.39 is 0 Å². The molecule has 1 heterocycles. The third-order valence-corrected chi connectivity index (χ3v) is 3.68. The Labute approximate surface area is 126 Å². The summed E-state index contributed by atoms with van der Waals surface area (Å²) in [5.41, 5.74) is 0.814. The van der Waals surface area contributed by atoms with Crippen LogP contribution in [-0.2, 0) is 4.79 Å². The van der Waals surface area contributed by atoms with E-state index in [4.69, 9.17) is 4.74 Å². The predicted molar refractivity (Wildman–Crippen MR) is 84.7 cm³/mol. The summed E-state index contributed by atoms with van der Waals surface area (Å²) in [6, 6.07) is 7.49. The number of carbonyl (C=O) groups is 1. The molecule has 1 fully saturated rings. The van der Waals surface area contributed by atoms with Crippen LogP contribution >= 0.6 is 0 Å². The number of benzene rings is 1. The maximum atomic E-state index is 12.0. The molecule has 1 amide bonds. The van der Waals surface area contributed by atoms with Gasteiger partial charge in [0.25, 0.3) is 0 Å². The van der Waals surface area contributed by atoms with Gasteiger partial charge in [0.1, 0.15) is 5.75 Å². The molecule has 5 heteroatoms. The molecule has 1 unspecified atom stereocenters. The number of nitrogens with one attached hydrogen (secondary N) is 2. The molecule has 1 aromatic carbocycles. The van der Waals surface area contributed by atoms with Crippen molar-refractivity contribution in [2.75, 3.05) is 45.2 Å². The van der Waals surface area contributed by atoms with Crippen molar-refractivity contribution in [3.05, 3.63) is 24.3 Å². The molecule has 0 saturated carbocycles. The number of carbonyl (C=O) groups excluding carboxylic acids is 1. The van der Waals surface area contributed by atoms with E-state index in [1.165, 1.54) is 0 Å². The van der Waals surface area contributed by atoms with Crippen LogP contribution in [0.2, 0.25) is 0 Å². The molecular formula is C16H25N3O2. The van der Waals surface area contributed by atoms with Crippen molar-refractivity contribution >= 4 is 11.6 Å². The van der Waals surface area contributed by atoms with Gasteiger partial charge in [-0.05, 0) is 63.7 Å². The first-order valence-corrected chi connectivity index (χ1v) is 7.61. The summed E-state index contributed by atoms with van der Waals surface area (Å²) < 4.78 is 5.38. The quantitative estimate of drug-likeness (QED) is 0.800. The molecule has 1 aliphatic rings. The second kappa shape index (κ2) is 8.00. The highest BCUT2D eigenvalue weighted by Crippen LogP contribution is 2.17. The normalized spacial score (nSPS) is 18.7. The largest absolute Gasteiger partial charge is 0.494 e. The van der Waals surface area contributed by atoms with Gasteiger partial charge in [-0.2, -0.15) is 0 Å². The van der Waals surface area contributed by atoms with E-state index in [-0.39, 0.29) is 5.91 Å². The number of ether oxygens (including phenoxy) is 1. The first-order valence-electron chi connectivity index (χ1n) is 7.61. The highest BCUT2D eigenvalue weighted by atomic mass is 16.5. The van der Waals surface area contributed by atoms with Crippen molar-refractivity contribution in [3.63, 3.8) is 0 Å². The second-order valence-corrected chi connectivity index (χ2v) is 5.45. The average molecular weight is 291 g/mol. The van der Waals surface area contributed by atoms with Gasteiger partial charge in [-0.15, -0.1) is 0 Å². The van der Waals surface area contributed by atoms with Crippen molar-refractivity contribution in [2.45, 2.75) is 13.3 Å². The zero-order valence-electron chi connectivity index (χ0n) is 12.9.